The van der Waals surface area contributed by atoms with Crippen molar-refractivity contribution in [3.05, 3.63) is 18.3 Å². The van der Waals surface area contributed by atoms with Gasteiger partial charge in [0.1, 0.15) is 0 Å². The van der Waals surface area contributed by atoms with Crippen LogP contribution in [0.25, 0.3) is 0 Å². The van der Waals surface area contributed by atoms with Gasteiger partial charge >= 0.3 is 0 Å². The number of ether oxygens (including phenoxy) is 1. The maximum atomic E-state index is 11.5. The fourth-order valence-corrected chi connectivity index (χ4v) is 1.18. The van der Waals surface area contributed by atoms with Gasteiger partial charge < -0.3 is 15.5 Å². The van der Waals surface area contributed by atoms with E-state index < -0.39 is 0 Å². The van der Waals surface area contributed by atoms with Crippen molar-refractivity contribution in [2.24, 2.45) is 5.84 Å². The van der Waals surface area contributed by atoms with Gasteiger partial charge in [-0.05, 0) is 25.5 Å². The molecule has 1 unspecified atom stereocenters. The van der Waals surface area contributed by atoms with Gasteiger partial charge in [-0.25, -0.2) is 10.8 Å². The number of nitrogens with zero attached hydrogens (tertiary/aromatic N) is 1. The van der Waals surface area contributed by atoms with Crippen LogP contribution in [0.3, 0.4) is 0 Å². The monoisotopic (exact) mass is 238 g/mol. The van der Waals surface area contributed by atoms with Crippen LogP contribution in [-0.2, 0) is 4.79 Å². The van der Waals surface area contributed by atoms with Crippen LogP contribution in [-0.4, -0.2) is 23.5 Å². The zero-order valence-electron chi connectivity index (χ0n) is 10.1. The Morgan fingerprint density at radius 3 is 3.06 bits per heavy atom. The summed E-state index contributed by atoms with van der Waals surface area (Å²) in [6, 6.07) is 3.55. The summed E-state index contributed by atoms with van der Waals surface area (Å²) in [6.07, 6.45) is 2.47. The molecule has 94 valence electrons. The molecule has 0 aliphatic heterocycles. The van der Waals surface area contributed by atoms with Gasteiger partial charge in [0.25, 0.3) is 5.91 Å². The van der Waals surface area contributed by atoms with Gasteiger partial charge in [-0.15, -0.1) is 0 Å². The first-order valence-corrected chi connectivity index (χ1v) is 5.51. The number of anilines is 1. The van der Waals surface area contributed by atoms with Crippen LogP contribution in [0.15, 0.2) is 18.3 Å². The van der Waals surface area contributed by atoms with E-state index in [9.17, 15) is 4.79 Å². The molecule has 0 aromatic carbocycles. The highest BCUT2D eigenvalue weighted by Gasteiger charge is 2.08. The highest BCUT2D eigenvalue weighted by Crippen LogP contribution is 2.18. The van der Waals surface area contributed by atoms with Gasteiger partial charge in [-0.3, -0.25) is 4.79 Å². The Labute approximate surface area is 101 Å². The van der Waals surface area contributed by atoms with Gasteiger partial charge in [0.15, 0.2) is 18.2 Å². The Bertz CT molecular complexity index is 370. The zero-order valence-corrected chi connectivity index (χ0v) is 10.1. The lowest BCUT2D eigenvalue weighted by Gasteiger charge is -2.13. The average Bonchev–Trinajstić information content (AvgIpc) is 2.36. The summed E-state index contributed by atoms with van der Waals surface area (Å²) in [5.74, 6) is 5.96. The van der Waals surface area contributed by atoms with Gasteiger partial charge in [0.05, 0.1) is 0 Å². The van der Waals surface area contributed by atoms with E-state index in [4.69, 9.17) is 10.6 Å². The molecule has 1 atom stereocenters. The third kappa shape index (κ3) is 4.28. The molecule has 4 N–H and O–H groups in total. The summed E-state index contributed by atoms with van der Waals surface area (Å²) in [6.45, 7) is 3.89. The molecule has 0 saturated carbocycles. The molecule has 1 rings (SSSR count). The van der Waals surface area contributed by atoms with E-state index in [2.05, 4.69) is 15.7 Å². The van der Waals surface area contributed by atoms with Gasteiger partial charge in [-0.1, -0.05) is 6.92 Å². The van der Waals surface area contributed by atoms with Crippen molar-refractivity contribution < 1.29 is 9.53 Å². The second-order valence-corrected chi connectivity index (χ2v) is 3.66. The van der Waals surface area contributed by atoms with Crippen LogP contribution in [0.2, 0.25) is 0 Å². The summed E-state index contributed by atoms with van der Waals surface area (Å²) in [4.78, 5) is 15.4. The van der Waals surface area contributed by atoms with Crippen molar-refractivity contribution >= 4 is 11.7 Å². The van der Waals surface area contributed by atoms with Crippen LogP contribution in [0, 0.1) is 0 Å². The molecule has 0 aliphatic carbocycles. The molecule has 6 nitrogen and oxygen atoms in total. The molecule has 6 heteroatoms. The highest BCUT2D eigenvalue weighted by atomic mass is 16.5. The van der Waals surface area contributed by atoms with Gasteiger partial charge in [0.2, 0.25) is 0 Å². The minimum Gasteiger partial charge on any atom is -0.480 e. The molecule has 0 aliphatic rings. The number of carbonyl (C=O) groups excluding carboxylic acids is 1. The molecule has 1 aromatic rings. The second kappa shape index (κ2) is 6.70. The summed E-state index contributed by atoms with van der Waals surface area (Å²) in [7, 11) is 0. The fourth-order valence-electron chi connectivity index (χ4n) is 1.18. The molecule has 0 fully saturated rings. The fraction of sp³-hybridized carbons (Fsp3) is 0.455. The zero-order chi connectivity index (χ0) is 12.7. The normalized spacial score (nSPS) is 11.7. The number of carbonyl (C=O) groups is 1. The Kier molecular flexibility index (Phi) is 5.22. The van der Waals surface area contributed by atoms with E-state index in [1.807, 2.05) is 13.8 Å². The third-order valence-electron chi connectivity index (χ3n) is 2.29. The van der Waals surface area contributed by atoms with Crippen molar-refractivity contribution in [1.82, 2.24) is 10.3 Å². The molecule has 1 amide bonds. The summed E-state index contributed by atoms with van der Waals surface area (Å²) in [5, 5.41) is 2.80. The number of nitrogens with two attached hydrogens (primary N) is 1. The van der Waals surface area contributed by atoms with Gasteiger partial charge in [0, 0.05) is 12.2 Å². The Morgan fingerprint density at radius 1 is 1.65 bits per heavy atom. The first-order valence-electron chi connectivity index (χ1n) is 5.51. The van der Waals surface area contributed by atoms with E-state index in [0.717, 1.165) is 6.42 Å². The minimum absolute atomic E-state index is 0.0509. The maximum absolute atomic E-state index is 11.5. The molecule has 1 heterocycles. The lowest BCUT2D eigenvalue weighted by atomic mass is 10.2. The summed E-state index contributed by atoms with van der Waals surface area (Å²) in [5.41, 5.74) is 2.40. The van der Waals surface area contributed by atoms with Crippen molar-refractivity contribution in [3.8, 4) is 5.75 Å². The topological polar surface area (TPSA) is 89.3 Å². The van der Waals surface area contributed by atoms with Crippen molar-refractivity contribution in [1.29, 1.82) is 0 Å². The largest absolute Gasteiger partial charge is 0.480 e. The number of aromatic nitrogens is 1. The number of nitrogens with one attached hydrogen (secondary N) is 2. The molecule has 17 heavy (non-hydrogen) atoms. The number of hydrogen-bond acceptors (Lipinski definition) is 5. The van der Waals surface area contributed by atoms with Crippen LogP contribution < -0.4 is 21.3 Å². The number of pyridine rings is 1. The Hall–Kier alpha value is -1.82. The van der Waals surface area contributed by atoms with E-state index in [1.54, 1.807) is 18.3 Å². The van der Waals surface area contributed by atoms with E-state index in [1.165, 1.54) is 0 Å². The molecular formula is C11H18N4O2. The predicted molar refractivity (Wildman–Crippen MR) is 65.4 cm³/mol. The average molecular weight is 238 g/mol. The smallest absolute Gasteiger partial charge is 0.258 e. The van der Waals surface area contributed by atoms with Crippen molar-refractivity contribution in [3.63, 3.8) is 0 Å². The number of rotatable bonds is 6. The van der Waals surface area contributed by atoms with Crippen LogP contribution in [0.5, 0.6) is 5.75 Å². The first-order chi connectivity index (χ1) is 8.17. The Morgan fingerprint density at radius 2 is 2.41 bits per heavy atom. The number of hydrazine groups is 1. The minimum atomic E-state index is -0.161. The standard InChI is InChI=1S/C11H18N4O2/c1-3-8(2)14-10(16)7-17-9-5-4-6-13-11(9)15-12/h4-6,8H,3,7,12H2,1-2H3,(H,13,15)(H,14,16). The number of nitrogen functional groups attached to an aromatic ring is 1. The van der Waals surface area contributed by atoms with Gasteiger partial charge in [-0.2, -0.15) is 0 Å². The van der Waals surface area contributed by atoms with Crippen LogP contribution in [0.4, 0.5) is 5.82 Å². The number of amides is 1. The quantitative estimate of drug-likeness (QED) is 0.500. The highest BCUT2D eigenvalue weighted by molar-refractivity contribution is 5.78. The Balaban J connectivity index is 2.47. The summed E-state index contributed by atoms with van der Waals surface area (Å²) >= 11 is 0. The molecule has 0 saturated heterocycles. The summed E-state index contributed by atoms with van der Waals surface area (Å²) < 4.78 is 5.32. The van der Waals surface area contributed by atoms with Crippen molar-refractivity contribution in [2.75, 3.05) is 12.0 Å². The lowest BCUT2D eigenvalue weighted by molar-refractivity contribution is -0.123. The van der Waals surface area contributed by atoms with E-state index in [0.29, 0.717) is 11.6 Å². The molecule has 1 aromatic heterocycles. The van der Waals surface area contributed by atoms with Crippen molar-refractivity contribution in [2.45, 2.75) is 26.3 Å². The maximum Gasteiger partial charge on any atom is 0.258 e. The molecule has 0 radical (unpaired) electrons. The van der Waals surface area contributed by atoms with E-state index >= 15 is 0 Å². The molecule has 0 spiro atoms. The third-order valence-corrected chi connectivity index (χ3v) is 2.29. The SMILES string of the molecule is CCC(C)NC(=O)COc1cccnc1NN. The number of hydrogen-bond donors (Lipinski definition) is 3. The first kappa shape index (κ1) is 13.2. The molecular weight excluding hydrogens is 220 g/mol. The molecule has 0 bridgehead atoms. The predicted octanol–water partition coefficient (Wildman–Crippen LogP) is 0.661. The lowest BCUT2D eigenvalue weighted by Crippen LogP contribution is -2.35. The van der Waals surface area contributed by atoms with Crippen LogP contribution >= 0.6 is 0 Å². The second-order valence-electron chi connectivity index (χ2n) is 3.66. The van der Waals surface area contributed by atoms with Crippen LogP contribution in [0.1, 0.15) is 20.3 Å². The van der Waals surface area contributed by atoms with E-state index in [-0.39, 0.29) is 18.6 Å².